The number of nitrogen functional groups attached to an aromatic ring is 1. The van der Waals surface area contributed by atoms with Crippen LogP contribution >= 0.6 is 0 Å². The van der Waals surface area contributed by atoms with E-state index in [1.54, 1.807) is 0 Å². The first-order valence-electron chi connectivity index (χ1n) is 6.69. The number of rotatable bonds is 7. The van der Waals surface area contributed by atoms with Gasteiger partial charge < -0.3 is 20.9 Å². The van der Waals surface area contributed by atoms with Crippen molar-refractivity contribution in [2.24, 2.45) is 7.05 Å². The van der Waals surface area contributed by atoms with Crippen molar-refractivity contribution in [2.45, 2.75) is 6.42 Å². The van der Waals surface area contributed by atoms with E-state index in [4.69, 9.17) is 5.73 Å². The molecule has 0 amide bonds. The van der Waals surface area contributed by atoms with Crippen LogP contribution in [0.2, 0.25) is 0 Å². The first kappa shape index (κ1) is 14.9. The van der Waals surface area contributed by atoms with Crippen LogP contribution in [0.5, 0.6) is 0 Å². The van der Waals surface area contributed by atoms with Crippen LogP contribution in [0.3, 0.4) is 0 Å². The van der Waals surface area contributed by atoms with E-state index >= 15 is 0 Å². The van der Waals surface area contributed by atoms with E-state index in [0.29, 0.717) is 11.9 Å². The van der Waals surface area contributed by atoms with E-state index < -0.39 is 0 Å². The van der Waals surface area contributed by atoms with Gasteiger partial charge in [-0.1, -0.05) is 0 Å². The molecule has 0 aliphatic carbocycles. The third-order valence-electron chi connectivity index (χ3n) is 3.04. The van der Waals surface area contributed by atoms with Gasteiger partial charge >= 0.3 is 0 Å². The highest BCUT2D eigenvalue weighted by Crippen LogP contribution is 2.15. The molecule has 0 aliphatic heterocycles. The van der Waals surface area contributed by atoms with Gasteiger partial charge in [-0.2, -0.15) is 0 Å². The maximum Gasteiger partial charge on any atom is 0.228 e. The second-order valence-electron chi connectivity index (χ2n) is 5.01. The van der Waals surface area contributed by atoms with Gasteiger partial charge in [-0.05, 0) is 6.42 Å². The molecular weight excluding hydrogens is 272 g/mol. The molecule has 10 nitrogen and oxygen atoms in total. The fourth-order valence-corrected chi connectivity index (χ4v) is 2.01. The third kappa shape index (κ3) is 3.52. The van der Waals surface area contributed by atoms with Gasteiger partial charge in [0.05, 0.1) is 0 Å². The topological polar surface area (TPSA) is 117 Å². The zero-order valence-electron chi connectivity index (χ0n) is 12.8. The van der Waals surface area contributed by atoms with Crippen LogP contribution in [-0.4, -0.2) is 64.2 Å². The van der Waals surface area contributed by atoms with Crippen molar-refractivity contribution >= 4 is 23.8 Å². The number of hydrogen-bond acceptors (Lipinski definition) is 8. The Bertz CT molecular complexity index is 571. The Morgan fingerprint density at radius 3 is 2.43 bits per heavy atom. The largest absolute Gasteiger partial charge is 0.368 e. The van der Waals surface area contributed by atoms with E-state index in [1.807, 2.05) is 37.7 Å². The molecule has 0 aliphatic rings. The molecule has 0 saturated carbocycles. The number of nitrogens with one attached hydrogen (secondary N) is 2. The molecule has 0 aromatic carbocycles. The molecule has 0 atom stereocenters. The zero-order chi connectivity index (χ0) is 15.4. The van der Waals surface area contributed by atoms with Crippen molar-refractivity contribution in [3.63, 3.8) is 0 Å². The van der Waals surface area contributed by atoms with Crippen molar-refractivity contribution in [1.29, 1.82) is 0 Å². The smallest absolute Gasteiger partial charge is 0.228 e. The first-order chi connectivity index (χ1) is 9.99. The Balaban J connectivity index is 1.80. The minimum Gasteiger partial charge on any atom is -0.368 e. The number of aromatic amines is 1. The van der Waals surface area contributed by atoms with Crippen LogP contribution in [0.4, 0.5) is 23.8 Å². The summed E-state index contributed by atoms with van der Waals surface area (Å²) in [6.07, 6.45) is 0.918. The fourth-order valence-electron chi connectivity index (χ4n) is 2.01. The highest BCUT2D eigenvalue weighted by molar-refractivity contribution is 5.39. The second-order valence-corrected chi connectivity index (χ2v) is 5.01. The van der Waals surface area contributed by atoms with Crippen molar-refractivity contribution in [2.75, 3.05) is 55.1 Å². The standard InChI is InChI=1S/C11H22N10/c1-19(2)10-17-18-11(21(10)4)20(3)7-5-6-13-9-14-8(12)15-16-9/h5-7H2,1-4H3,(H4,12,13,14,15,16). The molecule has 4 N–H and O–H groups in total. The normalized spacial score (nSPS) is 10.7. The monoisotopic (exact) mass is 294 g/mol. The number of nitrogens with two attached hydrogens (primary N) is 1. The van der Waals surface area contributed by atoms with E-state index in [-0.39, 0.29) is 0 Å². The Labute approximate surface area is 123 Å². The van der Waals surface area contributed by atoms with Crippen LogP contribution in [0.15, 0.2) is 0 Å². The van der Waals surface area contributed by atoms with Crippen molar-refractivity contribution in [1.82, 2.24) is 29.9 Å². The minimum absolute atomic E-state index is 0.310. The van der Waals surface area contributed by atoms with E-state index in [1.165, 1.54) is 0 Å². The number of nitrogens with zero attached hydrogens (tertiary/aromatic N) is 7. The first-order valence-corrected chi connectivity index (χ1v) is 6.69. The van der Waals surface area contributed by atoms with Gasteiger partial charge in [0.15, 0.2) is 0 Å². The molecule has 0 saturated heterocycles. The summed E-state index contributed by atoms with van der Waals surface area (Å²) >= 11 is 0. The van der Waals surface area contributed by atoms with Crippen LogP contribution in [0.1, 0.15) is 6.42 Å². The van der Waals surface area contributed by atoms with E-state index in [0.717, 1.165) is 31.4 Å². The third-order valence-corrected chi connectivity index (χ3v) is 3.04. The van der Waals surface area contributed by atoms with E-state index in [2.05, 4.69) is 35.6 Å². The molecule has 2 heterocycles. The van der Waals surface area contributed by atoms with Crippen molar-refractivity contribution in [3.8, 4) is 0 Å². The Morgan fingerprint density at radius 2 is 1.86 bits per heavy atom. The van der Waals surface area contributed by atoms with Gasteiger partial charge in [0, 0.05) is 41.3 Å². The lowest BCUT2D eigenvalue weighted by atomic mass is 10.4. The number of H-pyrrole nitrogens is 1. The molecule has 0 unspecified atom stereocenters. The van der Waals surface area contributed by atoms with Crippen LogP contribution in [-0.2, 0) is 7.05 Å². The maximum absolute atomic E-state index is 5.45. The van der Waals surface area contributed by atoms with Crippen molar-refractivity contribution < 1.29 is 0 Å². The molecule has 2 aromatic rings. The molecule has 0 radical (unpaired) electrons. The summed E-state index contributed by atoms with van der Waals surface area (Å²) in [6, 6.07) is 0. The summed E-state index contributed by atoms with van der Waals surface area (Å²) < 4.78 is 1.96. The van der Waals surface area contributed by atoms with Gasteiger partial charge in [-0.15, -0.1) is 20.4 Å². The predicted octanol–water partition coefficient (Wildman–Crippen LogP) is -0.480. The Morgan fingerprint density at radius 1 is 1.14 bits per heavy atom. The summed E-state index contributed by atoms with van der Waals surface area (Å²) in [4.78, 5) is 6.82. The van der Waals surface area contributed by atoms with Crippen LogP contribution in [0.25, 0.3) is 0 Å². The highest BCUT2D eigenvalue weighted by atomic mass is 15.5. The number of aromatic nitrogens is 6. The zero-order valence-corrected chi connectivity index (χ0v) is 12.8. The number of anilines is 4. The Kier molecular flexibility index (Phi) is 4.45. The molecule has 10 heteroatoms. The van der Waals surface area contributed by atoms with Crippen LogP contribution in [0, 0.1) is 0 Å². The molecule has 21 heavy (non-hydrogen) atoms. The fraction of sp³-hybridized carbons (Fsp3) is 0.636. The lowest BCUT2D eigenvalue weighted by molar-refractivity contribution is 0.757. The molecule has 116 valence electrons. The van der Waals surface area contributed by atoms with Gasteiger partial charge in [0.25, 0.3) is 0 Å². The highest BCUT2D eigenvalue weighted by Gasteiger charge is 2.13. The number of hydrogen-bond donors (Lipinski definition) is 3. The van der Waals surface area contributed by atoms with Gasteiger partial charge in [-0.3, -0.25) is 9.55 Å². The van der Waals surface area contributed by atoms with Crippen LogP contribution < -0.4 is 20.9 Å². The quantitative estimate of drug-likeness (QED) is 0.586. The van der Waals surface area contributed by atoms with Gasteiger partial charge in [-0.25, -0.2) is 0 Å². The summed E-state index contributed by atoms with van der Waals surface area (Å²) in [5.41, 5.74) is 5.45. The molecule has 0 spiro atoms. The minimum atomic E-state index is 0.310. The summed E-state index contributed by atoms with van der Waals surface area (Å²) in [5.74, 6) is 2.56. The summed E-state index contributed by atoms with van der Waals surface area (Å²) in [7, 11) is 7.84. The molecular formula is C11H22N10. The lowest BCUT2D eigenvalue weighted by Gasteiger charge is -2.18. The second kappa shape index (κ2) is 6.29. The molecule has 2 rings (SSSR count). The van der Waals surface area contributed by atoms with E-state index in [9.17, 15) is 0 Å². The summed E-state index contributed by atoms with van der Waals surface area (Å²) in [6.45, 7) is 1.60. The average molecular weight is 294 g/mol. The van der Waals surface area contributed by atoms with Gasteiger partial charge in [0.1, 0.15) is 0 Å². The molecule has 0 fully saturated rings. The molecule has 0 bridgehead atoms. The molecule has 2 aromatic heterocycles. The average Bonchev–Trinajstić information content (AvgIpc) is 3.00. The SMILES string of the molecule is CN(C)c1nnc(N(C)CCCNc2nnc(N)[nH]2)n1C. The lowest BCUT2D eigenvalue weighted by Crippen LogP contribution is -2.24. The Hall–Kier alpha value is -2.52. The maximum atomic E-state index is 5.45. The summed E-state index contributed by atoms with van der Waals surface area (Å²) in [5, 5.41) is 19.0. The van der Waals surface area contributed by atoms with Gasteiger partial charge in [0.2, 0.25) is 23.8 Å². The predicted molar refractivity (Wildman–Crippen MR) is 82.5 cm³/mol. The van der Waals surface area contributed by atoms with Crippen molar-refractivity contribution in [3.05, 3.63) is 0 Å².